The zero-order valence-corrected chi connectivity index (χ0v) is 14.6. The van der Waals surface area contributed by atoms with Gasteiger partial charge in [-0.3, -0.25) is 4.90 Å². The minimum atomic E-state index is -0.541. The normalized spacial score (nSPS) is 17.2. The predicted octanol–water partition coefficient (Wildman–Crippen LogP) is 4.50. The van der Waals surface area contributed by atoms with E-state index in [9.17, 15) is 8.78 Å². The Bertz CT molecular complexity index is 896. The molecule has 26 heavy (non-hydrogen) atoms. The molecule has 1 atom stereocenters. The molecule has 0 bridgehead atoms. The lowest BCUT2D eigenvalue weighted by Gasteiger charge is -2.32. The molecule has 1 fully saturated rings. The fourth-order valence-corrected chi connectivity index (χ4v) is 3.90. The van der Waals surface area contributed by atoms with Crippen molar-refractivity contribution in [1.82, 2.24) is 10.2 Å². The van der Waals surface area contributed by atoms with E-state index >= 15 is 0 Å². The van der Waals surface area contributed by atoms with Crippen LogP contribution in [0.3, 0.4) is 0 Å². The Labute approximate surface area is 152 Å². The highest BCUT2D eigenvalue weighted by atomic mass is 19.1. The van der Waals surface area contributed by atoms with Crippen LogP contribution in [0.5, 0.6) is 0 Å². The van der Waals surface area contributed by atoms with E-state index in [-0.39, 0.29) is 6.04 Å². The molecule has 3 aromatic rings. The van der Waals surface area contributed by atoms with Crippen molar-refractivity contribution in [3.05, 3.63) is 83.4 Å². The van der Waals surface area contributed by atoms with E-state index in [1.54, 1.807) is 6.07 Å². The summed E-state index contributed by atoms with van der Waals surface area (Å²) in [7, 11) is 0. The van der Waals surface area contributed by atoms with Crippen molar-refractivity contribution in [2.75, 3.05) is 26.2 Å². The van der Waals surface area contributed by atoms with Crippen LogP contribution >= 0.6 is 0 Å². The van der Waals surface area contributed by atoms with Gasteiger partial charge in [0.25, 0.3) is 0 Å². The second-order valence-electron chi connectivity index (χ2n) is 6.78. The SMILES string of the molecule is Fc1ccc(C(c2cccc3ccccc23)N2CCCNCC2)c(F)c1. The van der Waals surface area contributed by atoms with Gasteiger partial charge in [-0.2, -0.15) is 0 Å². The van der Waals surface area contributed by atoms with Crippen LogP contribution in [-0.2, 0) is 0 Å². The average molecular weight is 352 g/mol. The van der Waals surface area contributed by atoms with Gasteiger partial charge in [0.1, 0.15) is 11.6 Å². The van der Waals surface area contributed by atoms with E-state index in [1.165, 1.54) is 6.07 Å². The third kappa shape index (κ3) is 3.35. The Balaban J connectivity index is 1.89. The van der Waals surface area contributed by atoms with Gasteiger partial charge in [0, 0.05) is 31.3 Å². The lowest BCUT2D eigenvalue weighted by Crippen LogP contribution is -2.33. The van der Waals surface area contributed by atoms with Gasteiger partial charge in [0.05, 0.1) is 6.04 Å². The number of rotatable bonds is 3. The summed E-state index contributed by atoms with van der Waals surface area (Å²) in [6, 6.07) is 18.0. The first-order valence-corrected chi connectivity index (χ1v) is 9.11. The van der Waals surface area contributed by atoms with Gasteiger partial charge in [0.2, 0.25) is 0 Å². The van der Waals surface area contributed by atoms with Gasteiger partial charge >= 0.3 is 0 Å². The number of benzene rings is 3. The third-order valence-electron chi connectivity index (χ3n) is 5.11. The van der Waals surface area contributed by atoms with E-state index in [4.69, 9.17) is 0 Å². The first kappa shape index (κ1) is 17.1. The molecule has 0 spiro atoms. The molecule has 1 aliphatic heterocycles. The van der Waals surface area contributed by atoms with Crippen LogP contribution in [-0.4, -0.2) is 31.1 Å². The molecule has 0 radical (unpaired) electrons. The van der Waals surface area contributed by atoms with Gasteiger partial charge in [-0.1, -0.05) is 48.5 Å². The highest BCUT2D eigenvalue weighted by Crippen LogP contribution is 2.35. The Hall–Kier alpha value is -2.30. The Morgan fingerprint density at radius 1 is 0.846 bits per heavy atom. The average Bonchev–Trinajstić information content (AvgIpc) is 2.93. The number of fused-ring (bicyclic) bond motifs is 1. The van der Waals surface area contributed by atoms with Gasteiger partial charge in [0.15, 0.2) is 0 Å². The lowest BCUT2D eigenvalue weighted by molar-refractivity contribution is 0.237. The minimum Gasteiger partial charge on any atom is -0.315 e. The summed E-state index contributed by atoms with van der Waals surface area (Å²) in [6.45, 7) is 3.52. The minimum absolute atomic E-state index is 0.235. The van der Waals surface area contributed by atoms with Crippen LogP contribution in [0.25, 0.3) is 10.8 Å². The van der Waals surface area contributed by atoms with E-state index in [2.05, 4.69) is 34.5 Å². The summed E-state index contributed by atoms with van der Waals surface area (Å²) in [5.41, 5.74) is 1.60. The number of hydrogen-bond donors (Lipinski definition) is 1. The number of nitrogens with one attached hydrogen (secondary N) is 1. The predicted molar refractivity (Wildman–Crippen MR) is 101 cm³/mol. The van der Waals surface area contributed by atoms with Crippen LogP contribution in [0, 0.1) is 11.6 Å². The first-order valence-electron chi connectivity index (χ1n) is 9.11. The van der Waals surface area contributed by atoms with E-state index in [0.29, 0.717) is 5.56 Å². The van der Waals surface area contributed by atoms with Gasteiger partial charge in [-0.05, 0) is 35.4 Å². The Morgan fingerprint density at radius 3 is 2.58 bits per heavy atom. The molecule has 1 unspecified atom stereocenters. The molecule has 4 rings (SSSR count). The highest BCUT2D eigenvalue weighted by molar-refractivity contribution is 5.86. The lowest BCUT2D eigenvalue weighted by atomic mass is 9.92. The summed E-state index contributed by atoms with van der Waals surface area (Å²) in [4.78, 5) is 2.30. The molecule has 2 nitrogen and oxygen atoms in total. The Morgan fingerprint density at radius 2 is 1.69 bits per heavy atom. The maximum absolute atomic E-state index is 14.8. The van der Waals surface area contributed by atoms with E-state index in [0.717, 1.165) is 55.0 Å². The van der Waals surface area contributed by atoms with Gasteiger partial charge in [-0.15, -0.1) is 0 Å². The zero-order valence-electron chi connectivity index (χ0n) is 14.6. The van der Waals surface area contributed by atoms with Crippen molar-refractivity contribution in [1.29, 1.82) is 0 Å². The molecule has 134 valence electrons. The first-order chi connectivity index (χ1) is 12.7. The molecule has 0 amide bonds. The van der Waals surface area contributed by atoms with Crippen molar-refractivity contribution < 1.29 is 8.78 Å². The summed E-state index contributed by atoms with van der Waals surface area (Å²) in [5.74, 6) is -1.03. The molecular formula is C22H22F2N2. The third-order valence-corrected chi connectivity index (χ3v) is 5.11. The maximum Gasteiger partial charge on any atom is 0.131 e. The molecule has 4 heteroatoms. The van der Waals surface area contributed by atoms with Crippen LogP contribution in [0.1, 0.15) is 23.6 Å². The van der Waals surface area contributed by atoms with Crippen molar-refractivity contribution in [2.24, 2.45) is 0 Å². The van der Waals surface area contributed by atoms with Gasteiger partial charge in [-0.25, -0.2) is 8.78 Å². The van der Waals surface area contributed by atoms with Crippen LogP contribution in [0.15, 0.2) is 60.7 Å². The fourth-order valence-electron chi connectivity index (χ4n) is 3.90. The molecule has 1 aliphatic rings. The monoisotopic (exact) mass is 352 g/mol. The summed E-state index contributed by atoms with van der Waals surface area (Å²) >= 11 is 0. The summed E-state index contributed by atoms with van der Waals surface area (Å²) in [6.07, 6.45) is 1.00. The maximum atomic E-state index is 14.8. The highest BCUT2D eigenvalue weighted by Gasteiger charge is 2.27. The largest absolute Gasteiger partial charge is 0.315 e. The molecular weight excluding hydrogens is 330 g/mol. The van der Waals surface area contributed by atoms with Crippen molar-refractivity contribution >= 4 is 10.8 Å². The number of halogens is 2. The van der Waals surface area contributed by atoms with Crippen molar-refractivity contribution in [3.63, 3.8) is 0 Å². The molecule has 1 saturated heterocycles. The van der Waals surface area contributed by atoms with Crippen molar-refractivity contribution in [3.8, 4) is 0 Å². The number of hydrogen-bond acceptors (Lipinski definition) is 2. The topological polar surface area (TPSA) is 15.3 Å². The van der Waals surface area contributed by atoms with E-state index in [1.807, 2.05) is 18.2 Å². The van der Waals surface area contributed by atoms with Crippen LogP contribution < -0.4 is 5.32 Å². The molecule has 1 heterocycles. The van der Waals surface area contributed by atoms with Gasteiger partial charge < -0.3 is 5.32 Å². The molecule has 0 aromatic heterocycles. The summed E-state index contributed by atoms with van der Waals surface area (Å²) < 4.78 is 28.3. The quantitative estimate of drug-likeness (QED) is 0.746. The van der Waals surface area contributed by atoms with Crippen LogP contribution in [0.4, 0.5) is 8.78 Å². The second kappa shape index (κ2) is 7.52. The standard InChI is InChI=1S/C22H22F2N2/c23-17-9-10-20(21(24)15-17)22(26-13-4-11-25-12-14-26)19-8-3-6-16-5-1-2-7-18(16)19/h1-3,5-10,15,22,25H,4,11-14H2. The Kier molecular flexibility index (Phi) is 4.96. The van der Waals surface area contributed by atoms with Crippen LogP contribution in [0.2, 0.25) is 0 Å². The fraction of sp³-hybridized carbons (Fsp3) is 0.273. The zero-order chi connectivity index (χ0) is 17.9. The van der Waals surface area contributed by atoms with E-state index < -0.39 is 11.6 Å². The van der Waals surface area contributed by atoms with Crippen molar-refractivity contribution in [2.45, 2.75) is 12.5 Å². The second-order valence-corrected chi connectivity index (χ2v) is 6.78. The number of nitrogens with zero attached hydrogens (tertiary/aromatic N) is 1. The molecule has 1 N–H and O–H groups in total. The molecule has 0 aliphatic carbocycles. The molecule has 0 saturated carbocycles. The summed E-state index contributed by atoms with van der Waals surface area (Å²) in [5, 5.41) is 5.64. The smallest absolute Gasteiger partial charge is 0.131 e. The molecule has 3 aromatic carbocycles.